The predicted molar refractivity (Wildman–Crippen MR) is 86.4 cm³/mol. The molecular formula is C12H20N2O7S2. The molecule has 23 heavy (non-hydrogen) atoms. The lowest BCUT2D eigenvalue weighted by Crippen LogP contribution is -2.45. The number of carboxylic acids is 1. The van der Waals surface area contributed by atoms with Crippen molar-refractivity contribution < 1.29 is 34.1 Å². The van der Waals surface area contributed by atoms with E-state index in [-0.39, 0.29) is 24.6 Å². The maximum Gasteiger partial charge on any atom is 0.319 e. The fraction of sp³-hybridized carbons (Fsp3) is 0.667. The van der Waals surface area contributed by atoms with Gasteiger partial charge in [0.15, 0.2) is 0 Å². The van der Waals surface area contributed by atoms with Crippen LogP contribution in [-0.4, -0.2) is 71.8 Å². The molecule has 0 aliphatic rings. The molecule has 11 heteroatoms. The second-order valence-corrected chi connectivity index (χ2v) is 5.21. The van der Waals surface area contributed by atoms with E-state index >= 15 is 0 Å². The molecule has 0 aromatic rings. The first-order valence-corrected chi connectivity index (χ1v) is 7.80. The third kappa shape index (κ3) is 7.57. The molecule has 4 N–H and O–H groups in total. The van der Waals surface area contributed by atoms with Crippen LogP contribution in [-0.2, 0) is 23.9 Å². The Bertz CT molecular complexity index is 447. The van der Waals surface area contributed by atoms with Crippen LogP contribution in [0.2, 0.25) is 0 Å². The van der Waals surface area contributed by atoms with Gasteiger partial charge in [-0.15, -0.1) is 0 Å². The zero-order valence-corrected chi connectivity index (χ0v) is 14.2. The van der Waals surface area contributed by atoms with Crippen LogP contribution in [0.1, 0.15) is 0 Å². The van der Waals surface area contributed by atoms with Crippen LogP contribution in [0.5, 0.6) is 0 Å². The van der Waals surface area contributed by atoms with Gasteiger partial charge in [0.05, 0.1) is 13.2 Å². The summed E-state index contributed by atoms with van der Waals surface area (Å²) in [5, 5.41) is 23.0. The summed E-state index contributed by atoms with van der Waals surface area (Å²) in [5.41, 5.74) is 0. The number of ether oxygens (including phenoxy) is 1. The molecule has 0 saturated heterocycles. The molecule has 0 spiro atoms. The lowest BCUT2D eigenvalue weighted by molar-refractivity contribution is -0.149. The number of carbonyl (C=O) groups is 4. The number of rotatable bonds is 10. The molecule has 132 valence electrons. The molecule has 2 amide bonds. The highest BCUT2D eigenvalue weighted by atomic mass is 32.1. The van der Waals surface area contributed by atoms with Crippen molar-refractivity contribution in [2.45, 2.75) is 6.10 Å². The van der Waals surface area contributed by atoms with Gasteiger partial charge < -0.3 is 25.6 Å². The Morgan fingerprint density at radius 1 is 1.00 bits per heavy atom. The summed E-state index contributed by atoms with van der Waals surface area (Å²) >= 11 is 7.63. The first-order valence-electron chi connectivity index (χ1n) is 6.54. The Morgan fingerprint density at radius 3 is 1.78 bits per heavy atom. The van der Waals surface area contributed by atoms with E-state index in [9.17, 15) is 24.3 Å². The molecule has 3 unspecified atom stereocenters. The van der Waals surface area contributed by atoms with E-state index < -0.39 is 41.7 Å². The summed E-state index contributed by atoms with van der Waals surface area (Å²) in [6, 6.07) is 0. The number of nitrogens with one attached hydrogen (secondary N) is 2. The van der Waals surface area contributed by atoms with Gasteiger partial charge in [-0.2, -0.15) is 25.3 Å². The Balaban J connectivity index is 4.28. The molecule has 9 nitrogen and oxygen atoms in total. The first-order chi connectivity index (χ1) is 10.8. The molecule has 0 heterocycles. The highest BCUT2D eigenvalue weighted by Crippen LogP contribution is 2.03. The summed E-state index contributed by atoms with van der Waals surface area (Å²) in [4.78, 5) is 45.3. The number of thiol groups is 2. The quantitative estimate of drug-likeness (QED) is 0.148. The van der Waals surface area contributed by atoms with Crippen molar-refractivity contribution in [1.29, 1.82) is 0 Å². The molecule has 0 radical (unpaired) electrons. The number of hydrogen-bond donors (Lipinski definition) is 6. The molecule has 0 aromatic carbocycles. The predicted octanol–water partition coefficient (Wildman–Crippen LogP) is -2.07. The third-order valence-electron chi connectivity index (χ3n) is 2.81. The molecule has 0 rings (SSSR count). The summed E-state index contributed by atoms with van der Waals surface area (Å²) in [6.07, 6.45) is -1.16. The van der Waals surface area contributed by atoms with Crippen molar-refractivity contribution in [2.24, 2.45) is 11.8 Å². The molecule has 3 atom stereocenters. The van der Waals surface area contributed by atoms with Gasteiger partial charge in [0, 0.05) is 24.6 Å². The second-order valence-electron chi connectivity index (χ2n) is 4.48. The number of methoxy groups -OCH3 is 1. The van der Waals surface area contributed by atoms with Gasteiger partial charge in [-0.3, -0.25) is 19.2 Å². The summed E-state index contributed by atoms with van der Waals surface area (Å²) in [5.74, 6) is -6.21. The molecular weight excluding hydrogens is 348 g/mol. The molecule has 0 aromatic heterocycles. The van der Waals surface area contributed by atoms with Crippen molar-refractivity contribution in [1.82, 2.24) is 10.6 Å². The molecule has 0 aliphatic carbocycles. The number of hydrogen-bond acceptors (Lipinski definition) is 8. The molecule has 0 saturated carbocycles. The highest BCUT2D eigenvalue weighted by molar-refractivity contribution is 7.80. The third-order valence-corrected chi connectivity index (χ3v) is 3.54. The van der Waals surface area contributed by atoms with Gasteiger partial charge in [-0.25, -0.2) is 0 Å². The van der Waals surface area contributed by atoms with Gasteiger partial charge in [0.1, 0.15) is 11.8 Å². The zero-order chi connectivity index (χ0) is 18.0. The SMILES string of the molecule is COC(=O)C(CS)C(=O)NCC(O)CNC(=O)C(CS)C(=O)O. The van der Waals surface area contributed by atoms with E-state index in [0.29, 0.717) is 0 Å². The van der Waals surface area contributed by atoms with Crippen molar-refractivity contribution in [3.8, 4) is 0 Å². The van der Waals surface area contributed by atoms with Gasteiger partial charge in [-0.1, -0.05) is 0 Å². The van der Waals surface area contributed by atoms with Crippen LogP contribution in [0.4, 0.5) is 0 Å². The second kappa shape index (κ2) is 11.1. The Kier molecular flexibility index (Phi) is 10.4. The average Bonchev–Trinajstić information content (AvgIpc) is 2.51. The highest BCUT2D eigenvalue weighted by Gasteiger charge is 2.27. The minimum atomic E-state index is -1.33. The van der Waals surface area contributed by atoms with Gasteiger partial charge in [0.25, 0.3) is 0 Å². The van der Waals surface area contributed by atoms with Gasteiger partial charge >= 0.3 is 11.9 Å². The summed E-state index contributed by atoms with van der Waals surface area (Å²) < 4.78 is 4.44. The van der Waals surface area contributed by atoms with Crippen LogP contribution in [0.15, 0.2) is 0 Å². The standard InChI is InChI=1S/C12H20N2O7S2/c1-21-12(20)8(5-23)10(17)14-3-6(15)2-13-9(16)7(4-22)11(18)19/h6-8,15,22-23H,2-5H2,1H3,(H,13,16)(H,14,17)(H,18,19). The number of amides is 2. The lowest BCUT2D eigenvalue weighted by atomic mass is 10.1. The van der Waals surface area contributed by atoms with E-state index in [2.05, 4.69) is 40.6 Å². The Labute approximate surface area is 144 Å². The number of aliphatic hydroxyl groups excluding tert-OH is 1. The van der Waals surface area contributed by atoms with Crippen LogP contribution >= 0.6 is 25.3 Å². The van der Waals surface area contributed by atoms with Crippen LogP contribution in [0, 0.1) is 11.8 Å². The van der Waals surface area contributed by atoms with Crippen molar-refractivity contribution >= 4 is 49.0 Å². The van der Waals surface area contributed by atoms with Crippen LogP contribution in [0.3, 0.4) is 0 Å². The normalized spacial score (nSPS) is 14.3. The number of esters is 1. The summed E-state index contributed by atoms with van der Waals surface area (Å²) in [6.45, 7) is -0.501. The topological polar surface area (TPSA) is 142 Å². The van der Waals surface area contributed by atoms with Crippen molar-refractivity contribution in [3.05, 3.63) is 0 Å². The maximum atomic E-state index is 11.7. The van der Waals surface area contributed by atoms with Crippen molar-refractivity contribution in [2.75, 3.05) is 31.7 Å². The molecule has 0 bridgehead atoms. The number of aliphatic hydroxyl groups is 1. The van der Waals surface area contributed by atoms with Gasteiger partial charge in [-0.05, 0) is 0 Å². The number of carbonyl (C=O) groups excluding carboxylic acids is 3. The minimum Gasteiger partial charge on any atom is -0.481 e. The lowest BCUT2D eigenvalue weighted by Gasteiger charge is -2.17. The zero-order valence-electron chi connectivity index (χ0n) is 12.4. The van der Waals surface area contributed by atoms with E-state index in [4.69, 9.17) is 5.11 Å². The monoisotopic (exact) mass is 368 g/mol. The van der Waals surface area contributed by atoms with E-state index in [1.165, 1.54) is 0 Å². The fourth-order valence-corrected chi connectivity index (χ4v) is 2.07. The van der Waals surface area contributed by atoms with E-state index in [1.807, 2.05) is 0 Å². The number of aliphatic carboxylic acids is 1. The largest absolute Gasteiger partial charge is 0.481 e. The first kappa shape index (κ1) is 21.5. The Hall–Kier alpha value is -1.46. The van der Waals surface area contributed by atoms with Gasteiger partial charge in [0.2, 0.25) is 11.8 Å². The average molecular weight is 368 g/mol. The minimum absolute atomic E-state index is 0.0619. The smallest absolute Gasteiger partial charge is 0.319 e. The van der Waals surface area contributed by atoms with E-state index in [0.717, 1.165) is 7.11 Å². The van der Waals surface area contributed by atoms with Crippen molar-refractivity contribution in [3.63, 3.8) is 0 Å². The fourth-order valence-electron chi connectivity index (χ4n) is 1.44. The Morgan fingerprint density at radius 2 is 1.43 bits per heavy atom. The number of carboxylic acid groups (broad SMARTS) is 1. The van der Waals surface area contributed by atoms with Crippen LogP contribution in [0.25, 0.3) is 0 Å². The molecule has 0 fully saturated rings. The summed E-state index contributed by atoms with van der Waals surface area (Å²) in [7, 11) is 1.14. The maximum absolute atomic E-state index is 11.7. The molecule has 0 aliphatic heterocycles. The van der Waals surface area contributed by atoms with Crippen LogP contribution < -0.4 is 10.6 Å². The van der Waals surface area contributed by atoms with E-state index in [1.54, 1.807) is 0 Å².